The lowest BCUT2D eigenvalue weighted by Gasteiger charge is -2.24. The lowest BCUT2D eigenvalue weighted by atomic mass is 10.4. The van der Waals surface area contributed by atoms with Crippen molar-refractivity contribution in [3.63, 3.8) is 0 Å². The highest BCUT2D eigenvalue weighted by molar-refractivity contribution is 6.60. The summed E-state index contributed by atoms with van der Waals surface area (Å²) in [5, 5.41) is 6.54. The molecule has 0 unspecified atom stereocenters. The quantitative estimate of drug-likeness (QED) is 0.0876. The summed E-state index contributed by atoms with van der Waals surface area (Å²) in [5.74, 6) is 0. The summed E-state index contributed by atoms with van der Waals surface area (Å²) < 4.78 is 16.1. The van der Waals surface area contributed by atoms with E-state index >= 15 is 0 Å². The smallest absolute Gasteiger partial charge is 0.377 e. The number of hydrogen-bond donors (Lipinski definition) is 6. The molecule has 0 spiro atoms. The normalized spacial score (nSPS) is 12.0. The van der Waals surface area contributed by atoms with Crippen LogP contribution in [-0.2, 0) is 13.3 Å². The molecule has 20 heavy (non-hydrogen) atoms. The van der Waals surface area contributed by atoms with Gasteiger partial charge in [0.05, 0.1) is 13.3 Å². The third-order valence-electron chi connectivity index (χ3n) is 2.74. The maximum Gasteiger partial charge on any atom is 0.500 e. The summed E-state index contributed by atoms with van der Waals surface area (Å²) in [4.78, 5) is 0. The van der Waals surface area contributed by atoms with E-state index in [9.17, 15) is 0 Å². The van der Waals surface area contributed by atoms with Gasteiger partial charge in [0.15, 0.2) is 0 Å². The summed E-state index contributed by atoms with van der Waals surface area (Å²) in [6, 6.07) is 0.813. The van der Waals surface area contributed by atoms with E-state index < -0.39 is 8.80 Å². The molecule has 0 saturated heterocycles. The van der Waals surface area contributed by atoms with E-state index in [2.05, 4.69) is 27.0 Å². The van der Waals surface area contributed by atoms with Crippen LogP contribution in [0.5, 0.6) is 0 Å². The van der Waals surface area contributed by atoms with Crippen LogP contribution in [0.3, 0.4) is 0 Å². The summed E-state index contributed by atoms with van der Waals surface area (Å²) >= 11 is 0. The van der Waals surface area contributed by atoms with Crippen molar-refractivity contribution in [3.8, 4) is 0 Å². The van der Waals surface area contributed by atoms with Gasteiger partial charge in [-0.15, -0.1) is 0 Å². The van der Waals surface area contributed by atoms with Gasteiger partial charge in [-0.2, -0.15) is 5.53 Å². The monoisotopic (exact) mass is 310 g/mol. The minimum atomic E-state index is -2.40. The van der Waals surface area contributed by atoms with Gasteiger partial charge >= 0.3 is 8.80 Å². The Morgan fingerprint density at radius 2 is 1.55 bits per heavy atom. The minimum Gasteiger partial charge on any atom is -0.377 e. The zero-order chi connectivity index (χ0) is 15.1. The molecular weight excluding hydrogens is 280 g/mol. The first-order valence-electron chi connectivity index (χ1n) is 6.72. The van der Waals surface area contributed by atoms with Gasteiger partial charge in [0.2, 0.25) is 0 Å². The summed E-state index contributed by atoms with van der Waals surface area (Å²) in [5.41, 5.74) is 13.6. The molecule has 0 aromatic rings. The van der Waals surface area contributed by atoms with Crippen molar-refractivity contribution in [2.24, 2.45) is 5.73 Å². The average Bonchev–Trinajstić information content (AvgIpc) is 2.49. The SMILES string of the molecule is CO[Si](CCCNCCNCNNNCN)(OC)OC. The van der Waals surface area contributed by atoms with Gasteiger partial charge in [0.1, 0.15) is 0 Å². The molecule has 0 saturated carbocycles. The van der Waals surface area contributed by atoms with Crippen molar-refractivity contribution >= 4 is 8.80 Å². The highest BCUT2D eigenvalue weighted by Crippen LogP contribution is 2.14. The Hall–Kier alpha value is -0.143. The maximum absolute atomic E-state index is 5.35. The van der Waals surface area contributed by atoms with Crippen LogP contribution in [-0.4, -0.2) is 63.1 Å². The Bertz CT molecular complexity index is 203. The maximum atomic E-state index is 5.35. The second-order valence-electron chi connectivity index (χ2n) is 4.01. The Morgan fingerprint density at radius 1 is 0.900 bits per heavy atom. The van der Waals surface area contributed by atoms with Crippen LogP contribution < -0.4 is 32.8 Å². The van der Waals surface area contributed by atoms with Crippen LogP contribution in [0.1, 0.15) is 6.42 Å². The van der Waals surface area contributed by atoms with Crippen molar-refractivity contribution in [1.82, 2.24) is 27.0 Å². The van der Waals surface area contributed by atoms with Crippen molar-refractivity contribution < 1.29 is 13.3 Å². The first-order valence-corrected chi connectivity index (χ1v) is 8.65. The average molecular weight is 310 g/mol. The van der Waals surface area contributed by atoms with Gasteiger partial charge in [0.25, 0.3) is 0 Å². The minimum absolute atomic E-state index is 0.379. The zero-order valence-electron chi connectivity index (χ0n) is 12.8. The predicted molar refractivity (Wildman–Crippen MR) is 80.4 cm³/mol. The molecule has 0 aromatic carbocycles. The molecule has 7 N–H and O–H groups in total. The summed E-state index contributed by atoms with van der Waals surface area (Å²) in [6.07, 6.45) is 0.960. The molecule has 0 aliphatic heterocycles. The molecule has 122 valence electrons. The Balaban J connectivity index is 3.32. The van der Waals surface area contributed by atoms with E-state index in [4.69, 9.17) is 19.0 Å². The molecule has 0 amide bonds. The highest BCUT2D eigenvalue weighted by atomic mass is 28.4. The molecule has 0 aliphatic rings. The number of nitrogens with two attached hydrogens (primary N) is 1. The Kier molecular flexibility index (Phi) is 13.7. The van der Waals surface area contributed by atoms with Crippen LogP contribution >= 0.6 is 0 Å². The highest BCUT2D eigenvalue weighted by Gasteiger charge is 2.36. The van der Waals surface area contributed by atoms with E-state index in [1.165, 1.54) is 0 Å². The number of rotatable bonds is 15. The lowest BCUT2D eigenvalue weighted by Crippen LogP contribution is -2.49. The topological polar surface area (TPSA) is 114 Å². The molecular formula is C10H30N6O3Si. The first-order chi connectivity index (χ1) is 9.74. The summed E-state index contributed by atoms with van der Waals surface area (Å²) in [7, 11) is 2.51. The van der Waals surface area contributed by atoms with Gasteiger partial charge in [0, 0.05) is 40.5 Å². The van der Waals surface area contributed by atoms with Crippen molar-refractivity contribution in [3.05, 3.63) is 0 Å². The molecule has 0 heterocycles. The second kappa shape index (κ2) is 13.8. The lowest BCUT2D eigenvalue weighted by molar-refractivity contribution is 0.123. The van der Waals surface area contributed by atoms with Crippen molar-refractivity contribution in [1.29, 1.82) is 0 Å². The number of hydrogen-bond acceptors (Lipinski definition) is 9. The van der Waals surface area contributed by atoms with Gasteiger partial charge in [-0.3, -0.25) is 0 Å². The van der Waals surface area contributed by atoms with Crippen molar-refractivity contribution in [2.45, 2.75) is 12.5 Å². The second-order valence-corrected chi connectivity index (χ2v) is 7.10. The molecule has 9 nitrogen and oxygen atoms in total. The first kappa shape index (κ1) is 19.9. The van der Waals surface area contributed by atoms with E-state index in [0.717, 1.165) is 32.1 Å². The summed E-state index contributed by atoms with van der Waals surface area (Å²) in [6.45, 7) is 3.71. The molecule has 0 rings (SSSR count). The molecule has 0 bridgehead atoms. The predicted octanol–water partition coefficient (Wildman–Crippen LogP) is -2.09. The molecule has 0 atom stereocenters. The molecule has 10 heteroatoms. The molecule has 0 radical (unpaired) electrons. The van der Waals surface area contributed by atoms with Crippen LogP contribution in [0.25, 0.3) is 0 Å². The third-order valence-corrected chi connectivity index (χ3v) is 5.57. The standard InChI is InChI=1S/C10H30N6O3Si/c1-17-20(18-2,19-3)8-4-5-12-6-7-13-10-15-16-14-9-11/h12-16H,4-11H2,1-3H3. The Labute approximate surface area is 122 Å². The Morgan fingerprint density at radius 3 is 2.15 bits per heavy atom. The largest absolute Gasteiger partial charge is 0.500 e. The van der Waals surface area contributed by atoms with Gasteiger partial charge < -0.3 is 29.6 Å². The van der Waals surface area contributed by atoms with E-state index in [-0.39, 0.29) is 0 Å². The number of hydrazine groups is 2. The fourth-order valence-electron chi connectivity index (χ4n) is 1.60. The molecule has 0 aliphatic carbocycles. The van der Waals surface area contributed by atoms with Crippen LogP contribution in [0.2, 0.25) is 6.04 Å². The van der Waals surface area contributed by atoms with Gasteiger partial charge in [-0.05, 0) is 13.0 Å². The van der Waals surface area contributed by atoms with E-state index in [1.807, 2.05) is 0 Å². The number of nitrogens with one attached hydrogen (secondary N) is 5. The molecule has 0 fully saturated rings. The van der Waals surface area contributed by atoms with Gasteiger partial charge in [-0.1, -0.05) is 0 Å². The third kappa shape index (κ3) is 9.71. The van der Waals surface area contributed by atoms with Crippen molar-refractivity contribution in [2.75, 3.05) is 54.3 Å². The molecule has 0 aromatic heterocycles. The zero-order valence-corrected chi connectivity index (χ0v) is 13.8. The van der Waals surface area contributed by atoms with Gasteiger partial charge in [-0.25, -0.2) is 10.9 Å². The fraction of sp³-hybridized carbons (Fsp3) is 1.00. The van der Waals surface area contributed by atoms with Crippen LogP contribution in [0, 0.1) is 0 Å². The van der Waals surface area contributed by atoms with E-state index in [0.29, 0.717) is 13.3 Å². The fourth-order valence-corrected chi connectivity index (χ4v) is 3.32. The van der Waals surface area contributed by atoms with E-state index in [1.54, 1.807) is 21.3 Å². The van der Waals surface area contributed by atoms with Crippen LogP contribution in [0.4, 0.5) is 0 Å². The van der Waals surface area contributed by atoms with Crippen LogP contribution in [0.15, 0.2) is 0 Å².